The molecule has 0 radical (unpaired) electrons. The first-order chi connectivity index (χ1) is 11.0. The van der Waals surface area contributed by atoms with Crippen molar-refractivity contribution >= 4 is 23.3 Å². The Labute approximate surface area is 141 Å². The first-order valence-electron chi connectivity index (χ1n) is 7.75. The van der Waals surface area contributed by atoms with Crippen LogP contribution in [0.15, 0.2) is 4.52 Å². The van der Waals surface area contributed by atoms with Crippen LogP contribution >= 0.6 is 12.2 Å². The lowest BCUT2D eigenvalue weighted by atomic mass is 10.2. The van der Waals surface area contributed by atoms with Gasteiger partial charge < -0.3 is 19.5 Å². The van der Waals surface area contributed by atoms with Crippen LogP contribution in [-0.2, 0) is 16.1 Å². The van der Waals surface area contributed by atoms with Crippen LogP contribution in [0.2, 0.25) is 0 Å². The monoisotopic (exact) mass is 340 g/mol. The highest BCUT2D eigenvalue weighted by Gasteiger charge is 2.19. The third-order valence-corrected chi connectivity index (χ3v) is 4.45. The van der Waals surface area contributed by atoms with Gasteiger partial charge in [0.05, 0.1) is 12.8 Å². The van der Waals surface area contributed by atoms with E-state index in [0.717, 1.165) is 50.6 Å². The molecule has 0 unspecified atom stereocenters. The van der Waals surface area contributed by atoms with Gasteiger partial charge in [-0.1, -0.05) is 5.16 Å². The van der Waals surface area contributed by atoms with Crippen molar-refractivity contribution in [2.75, 3.05) is 39.8 Å². The van der Waals surface area contributed by atoms with Gasteiger partial charge in [-0.3, -0.25) is 9.69 Å². The number of methoxy groups -OCH3 is 1. The number of aryl methyl sites for hydroxylation is 2. The maximum atomic E-state index is 11.2. The molecular formula is C15H24N4O3S. The summed E-state index contributed by atoms with van der Waals surface area (Å²) in [5.41, 5.74) is 2.13. The highest BCUT2D eigenvalue weighted by molar-refractivity contribution is 7.80. The summed E-state index contributed by atoms with van der Waals surface area (Å²) in [6.07, 6.45) is 1.02. The van der Waals surface area contributed by atoms with Gasteiger partial charge in [0.2, 0.25) is 0 Å². The number of ether oxygens (including phenoxy) is 1. The molecule has 0 amide bonds. The predicted molar refractivity (Wildman–Crippen MR) is 90.1 cm³/mol. The third-order valence-electron chi connectivity index (χ3n) is 4.05. The average Bonchev–Trinajstić information content (AvgIpc) is 2.75. The molecule has 0 bridgehead atoms. The van der Waals surface area contributed by atoms with Crippen LogP contribution in [0.25, 0.3) is 0 Å². The standard InChI is InChI=1S/C15H24N4O3S/c1-11-13(12(2)22-17-11)10-18-5-4-6-19(8-7-18)15(23)16-9-14(20)21-3/h4-10H2,1-3H3,(H,16,23). The van der Waals surface area contributed by atoms with Gasteiger partial charge >= 0.3 is 5.97 Å². The Balaban J connectivity index is 1.84. The summed E-state index contributed by atoms with van der Waals surface area (Å²) in [5, 5.41) is 7.57. The van der Waals surface area contributed by atoms with Gasteiger partial charge in [0, 0.05) is 38.3 Å². The highest BCUT2D eigenvalue weighted by atomic mass is 32.1. The maximum Gasteiger partial charge on any atom is 0.325 e. The number of nitrogens with zero attached hydrogens (tertiary/aromatic N) is 3. The van der Waals surface area contributed by atoms with Crippen molar-refractivity contribution in [3.63, 3.8) is 0 Å². The molecule has 8 heteroatoms. The van der Waals surface area contributed by atoms with Crippen LogP contribution in [0.4, 0.5) is 0 Å². The number of nitrogens with one attached hydrogen (secondary N) is 1. The summed E-state index contributed by atoms with van der Waals surface area (Å²) in [5.74, 6) is 0.570. The van der Waals surface area contributed by atoms with Crippen molar-refractivity contribution < 1.29 is 14.1 Å². The molecule has 0 saturated carbocycles. The van der Waals surface area contributed by atoms with Crippen LogP contribution in [0.1, 0.15) is 23.4 Å². The number of hydrogen-bond donors (Lipinski definition) is 1. The molecular weight excluding hydrogens is 316 g/mol. The molecule has 1 fully saturated rings. The Hall–Kier alpha value is -1.67. The molecule has 1 aromatic heterocycles. The lowest BCUT2D eigenvalue weighted by molar-refractivity contribution is -0.139. The summed E-state index contributed by atoms with van der Waals surface area (Å²) < 4.78 is 9.84. The van der Waals surface area contributed by atoms with E-state index in [1.165, 1.54) is 12.7 Å². The lowest BCUT2D eigenvalue weighted by Gasteiger charge is -2.24. The number of carbonyl (C=O) groups is 1. The van der Waals surface area contributed by atoms with Crippen molar-refractivity contribution in [2.45, 2.75) is 26.8 Å². The normalized spacial score (nSPS) is 16.0. The molecule has 1 saturated heterocycles. The van der Waals surface area contributed by atoms with Crippen LogP contribution < -0.4 is 5.32 Å². The Bertz CT molecular complexity index is 541. The summed E-state index contributed by atoms with van der Waals surface area (Å²) in [6, 6.07) is 0. The van der Waals surface area contributed by atoms with E-state index < -0.39 is 0 Å². The fourth-order valence-corrected chi connectivity index (χ4v) is 2.87. The lowest BCUT2D eigenvalue weighted by Crippen LogP contribution is -2.43. The number of thiocarbonyl (C=S) groups is 1. The quantitative estimate of drug-likeness (QED) is 0.639. The van der Waals surface area contributed by atoms with Crippen molar-refractivity contribution in [1.29, 1.82) is 0 Å². The number of aromatic nitrogens is 1. The zero-order valence-corrected chi connectivity index (χ0v) is 14.7. The van der Waals surface area contributed by atoms with E-state index in [4.69, 9.17) is 16.7 Å². The zero-order chi connectivity index (χ0) is 16.8. The van der Waals surface area contributed by atoms with Crippen LogP contribution in [0.5, 0.6) is 0 Å². The minimum absolute atomic E-state index is 0.106. The molecule has 2 rings (SSSR count). The van der Waals surface area contributed by atoms with Gasteiger partial charge in [-0.05, 0) is 32.5 Å². The van der Waals surface area contributed by atoms with Crippen LogP contribution in [0, 0.1) is 13.8 Å². The predicted octanol–water partition coefficient (Wildman–Crippen LogP) is 0.847. The Kier molecular flexibility index (Phi) is 6.35. The van der Waals surface area contributed by atoms with E-state index in [0.29, 0.717) is 5.11 Å². The van der Waals surface area contributed by atoms with E-state index >= 15 is 0 Å². The average molecular weight is 340 g/mol. The van der Waals surface area contributed by atoms with Gasteiger partial charge in [-0.25, -0.2) is 0 Å². The molecule has 0 atom stereocenters. The minimum atomic E-state index is -0.317. The van der Waals surface area contributed by atoms with Gasteiger partial charge in [-0.2, -0.15) is 0 Å². The minimum Gasteiger partial charge on any atom is -0.468 e. The fraction of sp³-hybridized carbons (Fsp3) is 0.667. The topological polar surface area (TPSA) is 70.8 Å². The third kappa shape index (κ3) is 4.90. The molecule has 1 aromatic rings. The Morgan fingerprint density at radius 2 is 2.13 bits per heavy atom. The molecule has 1 aliphatic heterocycles. The Morgan fingerprint density at radius 3 is 2.78 bits per heavy atom. The fourth-order valence-electron chi connectivity index (χ4n) is 2.62. The molecule has 2 heterocycles. The van der Waals surface area contributed by atoms with E-state index in [2.05, 4.69) is 25.0 Å². The van der Waals surface area contributed by atoms with E-state index in [9.17, 15) is 4.79 Å². The van der Waals surface area contributed by atoms with Crippen LogP contribution in [-0.4, -0.2) is 65.9 Å². The number of esters is 1. The van der Waals surface area contributed by atoms with Crippen LogP contribution in [0.3, 0.4) is 0 Å². The van der Waals surface area contributed by atoms with Crippen molar-refractivity contribution in [2.24, 2.45) is 0 Å². The molecule has 23 heavy (non-hydrogen) atoms. The SMILES string of the molecule is COC(=O)CNC(=S)N1CCCN(Cc2c(C)noc2C)CC1. The molecule has 1 N–H and O–H groups in total. The summed E-state index contributed by atoms with van der Waals surface area (Å²) in [7, 11) is 1.37. The van der Waals surface area contributed by atoms with Gasteiger partial charge in [-0.15, -0.1) is 0 Å². The molecule has 0 spiro atoms. The van der Waals surface area contributed by atoms with E-state index in [1.54, 1.807) is 0 Å². The highest BCUT2D eigenvalue weighted by Crippen LogP contribution is 2.16. The van der Waals surface area contributed by atoms with E-state index in [-0.39, 0.29) is 12.5 Å². The second kappa shape index (κ2) is 8.26. The second-order valence-electron chi connectivity index (χ2n) is 5.65. The smallest absolute Gasteiger partial charge is 0.325 e. The molecule has 128 valence electrons. The molecule has 1 aliphatic rings. The van der Waals surface area contributed by atoms with Gasteiger partial charge in [0.25, 0.3) is 0 Å². The number of hydrogen-bond acceptors (Lipinski definition) is 6. The van der Waals surface area contributed by atoms with Gasteiger partial charge in [0.1, 0.15) is 12.3 Å². The van der Waals surface area contributed by atoms with Crippen molar-refractivity contribution in [3.8, 4) is 0 Å². The second-order valence-corrected chi connectivity index (χ2v) is 6.04. The zero-order valence-electron chi connectivity index (χ0n) is 13.9. The molecule has 0 aromatic carbocycles. The summed E-state index contributed by atoms with van der Waals surface area (Å²) >= 11 is 5.36. The first kappa shape index (κ1) is 17.7. The molecule has 7 nitrogen and oxygen atoms in total. The van der Waals surface area contributed by atoms with E-state index in [1.807, 2.05) is 13.8 Å². The Morgan fingerprint density at radius 1 is 1.35 bits per heavy atom. The largest absolute Gasteiger partial charge is 0.468 e. The first-order valence-corrected chi connectivity index (χ1v) is 8.15. The molecule has 0 aliphatic carbocycles. The van der Waals surface area contributed by atoms with Crippen molar-refractivity contribution in [3.05, 3.63) is 17.0 Å². The summed E-state index contributed by atoms with van der Waals surface area (Å²) in [6.45, 7) is 8.49. The van der Waals surface area contributed by atoms with Gasteiger partial charge in [0.15, 0.2) is 5.11 Å². The number of rotatable bonds is 4. The van der Waals surface area contributed by atoms with Crippen molar-refractivity contribution in [1.82, 2.24) is 20.3 Å². The number of carbonyl (C=O) groups excluding carboxylic acids is 1. The summed E-state index contributed by atoms with van der Waals surface area (Å²) in [4.78, 5) is 15.7. The maximum absolute atomic E-state index is 11.2.